The minimum atomic E-state index is -1.24. The van der Waals surface area contributed by atoms with Crippen LogP contribution in [0.25, 0.3) is 0 Å². The zero-order valence-corrected chi connectivity index (χ0v) is 56.5. The SMILES string of the molecule is CN[C@@H](C)C(=O)N[C@@H](CC(C)C)C(=O)N(C)CC(=O)N(C)[C@@H](C)C(=O)N[C@@H](CC(C)C)C(=O)N(C)[C@@H](Cc1ccccc1)C(=O)N(C)[C@@H](C)C(=O)NCC(=O)N[C@@H](CC(C)C)C(=O)N(C)[C@@H](CC(C)C)C(=O)N(C)[C@@H](C)C(=O)N[C@@H](C)C(=O)N(C)CC(=O)O. The molecule has 7 N–H and O–H groups in total. The van der Waals surface area contributed by atoms with Crippen molar-refractivity contribution >= 4 is 76.9 Å². The molecule has 0 aliphatic carbocycles. The molecule has 0 aromatic heterocycles. The van der Waals surface area contributed by atoms with Crippen molar-refractivity contribution in [1.29, 1.82) is 0 Å². The molecular formula is C62H105N13O14. The summed E-state index contributed by atoms with van der Waals surface area (Å²) in [7, 11) is 11.3. The Labute approximate surface area is 526 Å². The second kappa shape index (κ2) is 37.3. The van der Waals surface area contributed by atoms with Gasteiger partial charge in [-0.15, -0.1) is 0 Å². The fourth-order valence-electron chi connectivity index (χ4n) is 9.52. The van der Waals surface area contributed by atoms with E-state index in [1.165, 1.54) is 91.7 Å². The van der Waals surface area contributed by atoms with Gasteiger partial charge in [0.1, 0.15) is 60.9 Å². The van der Waals surface area contributed by atoms with Crippen molar-refractivity contribution in [2.75, 3.05) is 76.0 Å². The lowest BCUT2D eigenvalue weighted by Gasteiger charge is -2.36. The summed E-state index contributed by atoms with van der Waals surface area (Å²) in [6.07, 6.45) is 0.730. The van der Waals surface area contributed by atoms with Crippen molar-refractivity contribution in [1.82, 2.24) is 66.2 Å². The summed E-state index contributed by atoms with van der Waals surface area (Å²) in [4.78, 5) is 185. The van der Waals surface area contributed by atoms with Crippen LogP contribution in [0.3, 0.4) is 0 Å². The second-order valence-corrected chi connectivity index (χ2v) is 25.1. The second-order valence-electron chi connectivity index (χ2n) is 25.1. The summed E-state index contributed by atoms with van der Waals surface area (Å²) in [6, 6.07) is -1.96. The number of likely N-dealkylation sites (N-methyl/N-ethyl adjacent to an activating group) is 8. The molecule has 0 aliphatic heterocycles. The number of nitrogens with one attached hydrogen (secondary N) is 6. The van der Waals surface area contributed by atoms with Crippen molar-refractivity contribution in [3.05, 3.63) is 35.9 Å². The van der Waals surface area contributed by atoms with E-state index in [1.807, 2.05) is 55.4 Å². The van der Waals surface area contributed by atoms with Crippen molar-refractivity contribution < 1.29 is 67.4 Å². The molecule has 0 saturated heterocycles. The van der Waals surface area contributed by atoms with E-state index in [4.69, 9.17) is 5.11 Å². The van der Waals surface area contributed by atoms with Gasteiger partial charge in [0.05, 0.1) is 19.1 Å². The van der Waals surface area contributed by atoms with Crippen LogP contribution in [-0.4, -0.2) is 253 Å². The molecule has 1 aromatic rings. The quantitative estimate of drug-likeness (QED) is 0.0475. The van der Waals surface area contributed by atoms with E-state index in [1.54, 1.807) is 44.3 Å². The Kier molecular flexibility index (Phi) is 33.3. The molecule has 1 rings (SSSR count). The third-order valence-corrected chi connectivity index (χ3v) is 15.6. The number of benzene rings is 1. The zero-order valence-electron chi connectivity index (χ0n) is 56.5. The van der Waals surface area contributed by atoms with Crippen LogP contribution in [0, 0.1) is 23.7 Å². The van der Waals surface area contributed by atoms with Gasteiger partial charge < -0.3 is 71.3 Å². The van der Waals surface area contributed by atoms with Crippen LogP contribution < -0.4 is 31.9 Å². The number of aliphatic carboxylic acids is 1. The summed E-state index contributed by atoms with van der Waals surface area (Å²) in [5.74, 6) is -9.19. The first-order valence-corrected chi connectivity index (χ1v) is 30.4. The molecule has 27 heteroatoms. The average Bonchev–Trinajstić information content (AvgIpc) is 2.26. The van der Waals surface area contributed by atoms with E-state index >= 15 is 0 Å². The van der Waals surface area contributed by atoms with Crippen molar-refractivity contribution in [2.45, 2.75) is 183 Å². The molecule has 0 fully saturated rings. The van der Waals surface area contributed by atoms with Crippen LogP contribution in [0.4, 0.5) is 0 Å². The molecule has 0 saturated carbocycles. The van der Waals surface area contributed by atoms with E-state index in [0.29, 0.717) is 12.0 Å². The lowest BCUT2D eigenvalue weighted by atomic mass is 9.98. The average molecular weight is 1260 g/mol. The summed E-state index contributed by atoms with van der Waals surface area (Å²) in [5, 5.41) is 25.2. The van der Waals surface area contributed by atoms with Crippen LogP contribution in [-0.2, 0) is 68.7 Å². The summed E-state index contributed by atoms with van der Waals surface area (Å²) in [5.41, 5.74) is 0.671. The number of carbonyl (C=O) groups excluding carboxylic acids is 12. The monoisotopic (exact) mass is 1260 g/mol. The van der Waals surface area contributed by atoms with Gasteiger partial charge in [0.2, 0.25) is 70.9 Å². The van der Waals surface area contributed by atoms with Gasteiger partial charge in [-0.05, 0) is 96.6 Å². The lowest BCUT2D eigenvalue weighted by Crippen LogP contribution is -2.59. The minimum Gasteiger partial charge on any atom is -0.480 e. The Balaban J connectivity index is 3.36. The van der Waals surface area contributed by atoms with Gasteiger partial charge in [0, 0.05) is 55.8 Å². The number of hydrogen-bond donors (Lipinski definition) is 7. The third kappa shape index (κ3) is 25.4. The normalized spacial score (nSPS) is 14.7. The fraction of sp³-hybridized carbons (Fsp3) is 0.694. The summed E-state index contributed by atoms with van der Waals surface area (Å²) in [6.45, 7) is 20.6. The number of carbonyl (C=O) groups is 13. The Hall–Kier alpha value is -7.71. The maximum Gasteiger partial charge on any atom is 0.323 e. The zero-order chi connectivity index (χ0) is 68.6. The smallest absolute Gasteiger partial charge is 0.323 e. The Morgan fingerprint density at radius 1 is 0.416 bits per heavy atom. The predicted molar refractivity (Wildman–Crippen MR) is 336 cm³/mol. The van der Waals surface area contributed by atoms with Gasteiger partial charge >= 0.3 is 5.97 Å². The van der Waals surface area contributed by atoms with Crippen molar-refractivity contribution in [3.63, 3.8) is 0 Å². The van der Waals surface area contributed by atoms with Crippen molar-refractivity contribution in [2.24, 2.45) is 23.7 Å². The van der Waals surface area contributed by atoms with Gasteiger partial charge in [-0.3, -0.25) is 62.3 Å². The highest BCUT2D eigenvalue weighted by Crippen LogP contribution is 2.20. The lowest BCUT2D eigenvalue weighted by molar-refractivity contribution is -0.149. The van der Waals surface area contributed by atoms with E-state index in [-0.39, 0.29) is 55.3 Å². The van der Waals surface area contributed by atoms with Crippen molar-refractivity contribution in [3.8, 4) is 0 Å². The van der Waals surface area contributed by atoms with E-state index in [0.717, 1.165) is 19.6 Å². The van der Waals surface area contributed by atoms with Crippen LogP contribution >= 0.6 is 0 Å². The van der Waals surface area contributed by atoms with Gasteiger partial charge in [0.15, 0.2) is 0 Å². The molecule has 0 spiro atoms. The topological polar surface area (TPSA) is 337 Å². The summed E-state index contributed by atoms with van der Waals surface area (Å²) >= 11 is 0. The molecule has 89 heavy (non-hydrogen) atoms. The first-order valence-electron chi connectivity index (χ1n) is 30.4. The standard InChI is InChI=1S/C62H105N13O14/c1-35(2)27-45(67-53(80)39(9)63-14)58(85)69(15)33-51(77)71(17)42(12)56(83)68-47(29-37(5)6)60(87)75(21)49(31-44-25-23-22-24-26-44)62(89)72(18)41(11)54(81)64-32-50(76)66-46(28-36(3)4)59(86)74(20)48(30-38(7)8)61(88)73(19)43(13)55(82)65-40(10)57(84)70(16)34-52(78)79/h22-26,35-43,45-49,63H,27-34H2,1-21H3,(H,64,81)(H,65,82)(H,66,76)(H,67,80)(H,68,83)(H,78,79)/t39-,40-,41-,42-,43-,45-,46-,47-,48-,49-/m0/s1. The predicted octanol–water partition coefficient (Wildman–Crippen LogP) is 0.293. The van der Waals surface area contributed by atoms with Crippen LogP contribution in [0.2, 0.25) is 0 Å². The largest absolute Gasteiger partial charge is 0.480 e. The molecule has 10 atom stereocenters. The van der Waals surface area contributed by atoms with E-state index in [2.05, 4.69) is 31.9 Å². The number of carboxylic acids is 1. The molecule has 1 aromatic carbocycles. The Bertz CT molecular complexity index is 2600. The first-order chi connectivity index (χ1) is 41.2. The molecular weight excluding hydrogens is 1150 g/mol. The number of amides is 12. The van der Waals surface area contributed by atoms with E-state index < -0.39 is 151 Å². The number of rotatable bonds is 36. The molecule has 0 unspecified atom stereocenters. The maximum absolute atomic E-state index is 14.7. The molecule has 502 valence electrons. The molecule has 0 bridgehead atoms. The van der Waals surface area contributed by atoms with Gasteiger partial charge in [0.25, 0.3) is 0 Å². The van der Waals surface area contributed by atoms with Gasteiger partial charge in [-0.2, -0.15) is 0 Å². The molecule has 27 nitrogen and oxygen atoms in total. The highest BCUT2D eigenvalue weighted by Gasteiger charge is 2.40. The Morgan fingerprint density at radius 3 is 1.29 bits per heavy atom. The maximum atomic E-state index is 14.7. The highest BCUT2D eigenvalue weighted by atomic mass is 16.4. The fourth-order valence-corrected chi connectivity index (χ4v) is 9.52. The third-order valence-electron chi connectivity index (χ3n) is 15.6. The number of nitrogens with zero attached hydrogens (tertiary/aromatic N) is 7. The van der Waals surface area contributed by atoms with Gasteiger partial charge in [-0.1, -0.05) is 85.7 Å². The minimum absolute atomic E-state index is 0.00748. The molecule has 12 amide bonds. The van der Waals surface area contributed by atoms with Crippen LogP contribution in [0.15, 0.2) is 30.3 Å². The van der Waals surface area contributed by atoms with Crippen LogP contribution in [0.5, 0.6) is 0 Å². The Morgan fingerprint density at radius 2 is 0.820 bits per heavy atom. The molecule has 0 heterocycles. The first kappa shape index (κ1) is 79.3. The van der Waals surface area contributed by atoms with E-state index in [9.17, 15) is 62.3 Å². The molecule has 0 aliphatic rings. The number of carboxylic acid groups (broad SMARTS) is 1. The van der Waals surface area contributed by atoms with Gasteiger partial charge in [-0.25, -0.2) is 0 Å². The highest BCUT2D eigenvalue weighted by molar-refractivity contribution is 5.98. The number of hydrogen-bond acceptors (Lipinski definition) is 14. The molecule has 0 radical (unpaired) electrons. The van der Waals surface area contributed by atoms with Crippen LogP contribution in [0.1, 0.15) is 121 Å². The summed E-state index contributed by atoms with van der Waals surface area (Å²) < 4.78 is 0.